The average molecular weight is 1010 g/mol. The fraction of sp³-hybridized carbons (Fsp3) is 0.0263. The lowest BCUT2D eigenvalue weighted by molar-refractivity contribution is 0.768. The topological polar surface area (TPSA) is 3.24 Å². The first-order chi connectivity index (χ1) is 38.7. The Balaban J connectivity index is 0.857. The number of rotatable bonds is 10. The van der Waals surface area contributed by atoms with Gasteiger partial charge in [-0.2, -0.15) is 0 Å². The summed E-state index contributed by atoms with van der Waals surface area (Å²) in [4.78, 5) is 2.43. The van der Waals surface area contributed by atoms with E-state index in [-0.39, 0.29) is 0 Å². The van der Waals surface area contributed by atoms with Crippen molar-refractivity contribution in [1.29, 1.82) is 0 Å². The summed E-state index contributed by atoms with van der Waals surface area (Å²) in [7, 11) is 0. The van der Waals surface area contributed by atoms with Gasteiger partial charge >= 0.3 is 0 Å². The Hall–Kier alpha value is -9.60. The van der Waals surface area contributed by atoms with Crippen LogP contribution >= 0.6 is 11.3 Å². The lowest BCUT2D eigenvalue weighted by Gasteiger charge is -2.34. The quantitative estimate of drug-likeness (QED) is 0.132. The summed E-state index contributed by atoms with van der Waals surface area (Å²) in [6.45, 7) is 0. The molecule has 0 saturated carbocycles. The molecule has 366 valence electrons. The van der Waals surface area contributed by atoms with E-state index in [1.165, 1.54) is 110 Å². The Morgan fingerprint density at radius 2 is 0.628 bits per heavy atom. The molecule has 1 aromatic heterocycles. The number of hydrogen-bond acceptors (Lipinski definition) is 2. The van der Waals surface area contributed by atoms with Crippen molar-refractivity contribution in [3.05, 3.63) is 353 Å². The molecule has 0 radical (unpaired) electrons. The summed E-state index contributed by atoms with van der Waals surface area (Å²) in [6.07, 6.45) is 0. The molecule has 13 aromatic rings. The van der Waals surface area contributed by atoms with Crippen LogP contribution in [-0.4, -0.2) is 0 Å². The summed E-state index contributed by atoms with van der Waals surface area (Å²) < 4.78 is 1.31. The minimum Gasteiger partial charge on any atom is -0.310 e. The van der Waals surface area contributed by atoms with Crippen molar-refractivity contribution in [1.82, 2.24) is 0 Å². The maximum Gasteiger partial charge on any atom is 0.0713 e. The Kier molecular flexibility index (Phi) is 10.9. The van der Waals surface area contributed by atoms with E-state index in [0.717, 1.165) is 17.1 Å². The molecule has 0 fully saturated rings. The van der Waals surface area contributed by atoms with Gasteiger partial charge in [-0.15, -0.1) is 11.3 Å². The van der Waals surface area contributed by atoms with Crippen molar-refractivity contribution in [2.24, 2.45) is 0 Å². The molecule has 2 aliphatic carbocycles. The number of anilines is 3. The van der Waals surface area contributed by atoms with Crippen LogP contribution in [0.15, 0.2) is 309 Å². The zero-order valence-corrected chi connectivity index (χ0v) is 43.6. The van der Waals surface area contributed by atoms with Gasteiger partial charge in [-0.3, -0.25) is 0 Å². The van der Waals surface area contributed by atoms with E-state index in [1.807, 2.05) is 0 Å². The molecular formula is C76H51NS. The Morgan fingerprint density at radius 3 is 1.15 bits per heavy atom. The van der Waals surface area contributed by atoms with Gasteiger partial charge in [0.2, 0.25) is 0 Å². The first-order valence-electron chi connectivity index (χ1n) is 27.0. The maximum atomic E-state index is 2.43. The monoisotopic (exact) mass is 1010 g/mol. The number of benzene rings is 12. The van der Waals surface area contributed by atoms with Crippen LogP contribution in [0.2, 0.25) is 0 Å². The summed E-state index contributed by atoms with van der Waals surface area (Å²) in [5.74, 6) is 0. The molecule has 0 aliphatic heterocycles. The molecule has 0 spiro atoms. The van der Waals surface area contributed by atoms with Crippen LogP contribution in [0.3, 0.4) is 0 Å². The Morgan fingerprint density at radius 1 is 0.244 bits per heavy atom. The minimum absolute atomic E-state index is 0.438. The average Bonchev–Trinajstić information content (AvgIpc) is 4.02. The Bertz CT molecular complexity index is 4270. The lowest BCUT2D eigenvalue weighted by atomic mass is 9.67. The molecule has 1 heterocycles. The van der Waals surface area contributed by atoms with E-state index in [4.69, 9.17) is 0 Å². The second-order valence-corrected chi connectivity index (χ2v) is 21.7. The number of nitrogens with zero attached hydrogens (tertiary/aromatic N) is 1. The summed E-state index contributed by atoms with van der Waals surface area (Å²) in [5.41, 5.74) is 24.8. The highest BCUT2D eigenvalue weighted by Gasteiger charge is 2.47. The van der Waals surface area contributed by atoms with Crippen molar-refractivity contribution in [3.63, 3.8) is 0 Å². The van der Waals surface area contributed by atoms with Crippen LogP contribution in [0.5, 0.6) is 0 Å². The Labute approximate surface area is 460 Å². The standard InChI is InChI=1S/C76H51NS/c1-5-20-59(21-6-1)75(60-22-7-2-8-23-60)70-30-15-13-28-66(70)68-50-57(36-43-72(68)75)53-34-40-64(41-35-53)77(63-38-32-52(33-39-63)54-18-17-19-55(48-54)56-37-45-74-58(49-56)46-47-78-74)65-42-44-73-69(51-65)67-29-14-16-31-71(67)76(73,61-24-9-3-10-25-61)62-26-11-4-12-27-62/h1-51H. The predicted molar refractivity (Wildman–Crippen MR) is 327 cm³/mol. The third kappa shape index (κ3) is 7.14. The molecule has 0 amide bonds. The van der Waals surface area contributed by atoms with E-state index in [0.29, 0.717) is 0 Å². The summed E-state index contributed by atoms with van der Waals surface area (Å²) in [6, 6.07) is 113. The molecular weight excluding hydrogens is 959 g/mol. The molecule has 0 bridgehead atoms. The summed E-state index contributed by atoms with van der Waals surface area (Å²) in [5, 5.41) is 3.46. The van der Waals surface area contributed by atoms with Crippen molar-refractivity contribution in [2.75, 3.05) is 4.90 Å². The largest absolute Gasteiger partial charge is 0.310 e. The van der Waals surface area contributed by atoms with Crippen LogP contribution in [0.1, 0.15) is 44.5 Å². The van der Waals surface area contributed by atoms with E-state index in [1.54, 1.807) is 11.3 Å². The van der Waals surface area contributed by atoms with E-state index >= 15 is 0 Å². The third-order valence-electron chi connectivity index (χ3n) is 16.7. The minimum atomic E-state index is -0.483. The molecule has 0 N–H and O–H groups in total. The fourth-order valence-corrected chi connectivity index (χ4v) is 14.1. The highest BCUT2D eigenvalue weighted by atomic mass is 32.1. The second kappa shape index (κ2) is 18.6. The van der Waals surface area contributed by atoms with Gasteiger partial charge < -0.3 is 4.90 Å². The molecule has 1 nitrogen and oxygen atoms in total. The van der Waals surface area contributed by atoms with Gasteiger partial charge in [0.25, 0.3) is 0 Å². The molecule has 0 atom stereocenters. The molecule has 0 saturated heterocycles. The number of fused-ring (bicyclic) bond motifs is 7. The SMILES string of the molecule is c1ccc(C2(c3ccccc3)c3ccccc3-c3cc(-c4ccc(N(c5ccc(-c6cccc(-c7ccc8sccc8c7)c6)cc5)c5ccc6c(c5)-c5ccccc5C6(c5ccccc5)c5ccccc5)cc4)ccc32)cc1. The van der Waals surface area contributed by atoms with Gasteiger partial charge in [0.15, 0.2) is 0 Å². The smallest absolute Gasteiger partial charge is 0.0713 e. The molecule has 12 aromatic carbocycles. The van der Waals surface area contributed by atoms with Crippen LogP contribution in [0.25, 0.3) is 65.7 Å². The molecule has 78 heavy (non-hydrogen) atoms. The maximum absolute atomic E-state index is 2.43. The summed E-state index contributed by atoms with van der Waals surface area (Å²) >= 11 is 1.79. The molecule has 0 unspecified atom stereocenters. The number of hydrogen-bond donors (Lipinski definition) is 0. The lowest BCUT2D eigenvalue weighted by Crippen LogP contribution is -2.28. The van der Waals surface area contributed by atoms with Crippen molar-refractivity contribution in [2.45, 2.75) is 10.8 Å². The first kappa shape index (κ1) is 45.8. The first-order valence-corrected chi connectivity index (χ1v) is 27.8. The van der Waals surface area contributed by atoms with Crippen molar-refractivity contribution < 1.29 is 0 Å². The highest BCUT2D eigenvalue weighted by molar-refractivity contribution is 7.17. The van der Waals surface area contributed by atoms with E-state index < -0.39 is 10.8 Å². The zero-order valence-electron chi connectivity index (χ0n) is 42.8. The van der Waals surface area contributed by atoms with Gasteiger partial charge in [-0.1, -0.05) is 237 Å². The van der Waals surface area contributed by atoms with E-state index in [2.05, 4.69) is 314 Å². The van der Waals surface area contributed by atoms with Crippen molar-refractivity contribution in [3.8, 4) is 55.6 Å². The van der Waals surface area contributed by atoms with Crippen LogP contribution < -0.4 is 4.90 Å². The molecule has 2 aliphatic rings. The second-order valence-electron chi connectivity index (χ2n) is 20.7. The zero-order chi connectivity index (χ0) is 51.6. The fourth-order valence-electron chi connectivity index (χ4n) is 13.3. The predicted octanol–water partition coefficient (Wildman–Crippen LogP) is 20.1. The van der Waals surface area contributed by atoms with Gasteiger partial charge in [0, 0.05) is 21.8 Å². The van der Waals surface area contributed by atoms with Gasteiger partial charge in [-0.25, -0.2) is 0 Å². The van der Waals surface area contributed by atoms with Crippen molar-refractivity contribution >= 4 is 38.5 Å². The van der Waals surface area contributed by atoms with Crippen LogP contribution in [0.4, 0.5) is 17.1 Å². The molecule has 2 heteroatoms. The van der Waals surface area contributed by atoms with E-state index in [9.17, 15) is 0 Å². The van der Waals surface area contributed by atoms with Gasteiger partial charge in [0.05, 0.1) is 10.8 Å². The number of thiophene rings is 1. The third-order valence-corrected chi connectivity index (χ3v) is 17.6. The normalized spacial score (nSPS) is 13.3. The highest BCUT2D eigenvalue weighted by Crippen LogP contribution is 2.59. The van der Waals surface area contributed by atoms with Gasteiger partial charge in [-0.05, 0) is 178 Å². The van der Waals surface area contributed by atoms with Gasteiger partial charge in [0.1, 0.15) is 0 Å². The van der Waals surface area contributed by atoms with Crippen LogP contribution in [0, 0.1) is 0 Å². The molecule has 15 rings (SSSR count). The van der Waals surface area contributed by atoms with Crippen LogP contribution in [-0.2, 0) is 10.8 Å².